The monoisotopic (exact) mass is 253 g/mol. The van der Waals surface area contributed by atoms with Gasteiger partial charge in [-0.2, -0.15) is 0 Å². The number of amides is 1. The number of hydrogen-bond acceptors (Lipinski definition) is 2. The molecular weight excluding hydrogens is 238 g/mol. The maximum atomic E-state index is 10.8. The quantitative estimate of drug-likeness (QED) is 0.656. The smallest absolute Gasteiger partial charge is 0.284 e. The molecule has 0 bridgehead atoms. The van der Waals surface area contributed by atoms with Gasteiger partial charge in [-0.1, -0.05) is 54.6 Å². The molecule has 0 aliphatic heterocycles. The number of nitrogens with one attached hydrogen (secondary N) is 1. The number of benzene rings is 2. The van der Waals surface area contributed by atoms with Gasteiger partial charge in [0.1, 0.15) is 0 Å². The van der Waals surface area contributed by atoms with Crippen LogP contribution in [0.2, 0.25) is 0 Å². The molecule has 0 heterocycles. The van der Waals surface area contributed by atoms with E-state index in [1.165, 1.54) is 11.1 Å². The van der Waals surface area contributed by atoms with Crippen molar-refractivity contribution in [3.05, 3.63) is 60.2 Å². The van der Waals surface area contributed by atoms with Gasteiger partial charge in [-0.15, -0.1) is 0 Å². The van der Waals surface area contributed by atoms with Crippen molar-refractivity contribution in [2.24, 2.45) is 0 Å². The third-order valence-electron chi connectivity index (χ3n) is 2.88. The van der Waals surface area contributed by atoms with Crippen LogP contribution < -0.4 is 5.32 Å². The first kappa shape index (κ1) is 13.0. The van der Waals surface area contributed by atoms with Crippen LogP contribution in [-0.2, 0) is 16.0 Å². The van der Waals surface area contributed by atoms with Crippen LogP contribution in [0.25, 0.3) is 11.1 Å². The average Bonchev–Trinajstić information content (AvgIpc) is 2.48. The molecule has 0 aliphatic carbocycles. The van der Waals surface area contributed by atoms with E-state index in [4.69, 9.17) is 0 Å². The summed E-state index contributed by atoms with van der Waals surface area (Å²) >= 11 is 0. The van der Waals surface area contributed by atoms with Gasteiger partial charge in [-0.3, -0.25) is 9.59 Å². The minimum absolute atomic E-state index is 0.290. The molecule has 1 amide bonds. The average molecular weight is 253 g/mol. The lowest BCUT2D eigenvalue weighted by atomic mass is 10.0. The van der Waals surface area contributed by atoms with Crippen LogP contribution in [0, 0.1) is 0 Å². The number of hydrogen-bond donors (Lipinski definition) is 1. The normalized spacial score (nSPS) is 9.89. The number of aldehydes is 1. The summed E-state index contributed by atoms with van der Waals surface area (Å²) in [6.45, 7) is 0.474. The van der Waals surface area contributed by atoms with Crippen LogP contribution in [0.1, 0.15) is 5.56 Å². The topological polar surface area (TPSA) is 46.2 Å². The first-order valence-corrected chi connectivity index (χ1v) is 6.17. The molecule has 0 aromatic heterocycles. The molecule has 2 rings (SSSR count). The molecule has 0 atom stereocenters. The lowest BCUT2D eigenvalue weighted by Crippen LogP contribution is -2.26. The molecule has 0 saturated heterocycles. The minimum Gasteiger partial charge on any atom is -0.349 e. The van der Waals surface area contributed by atoms with Crippen LogP contribution in [0.4, 0.5) is 0 Å². The molecule has 0 spiro atoms. The molecule has 19 heavy (non-hydrogen) atoms. The Bertz CT molecular complexity index is 547. The lowest BCUT2D eigenvalue weighted by molar-refractivity contribution is -0.131. The summed E-state index contributed by atoms with van der Waals surface area (Å²) in [5, 5.41) is 2.52. The fourth-order valence-corrected chi connectivity index (χ4v) is 1.87. The van der Waals surface area contributed by atoms with E-state index < -0.39 is 5.91 Å². The predicted octanol–water partition coefficient (Wildman–Crippen LogP) is 2.21. The van der Waals surface area contributed by atoms with E-state index in [9.17, 15) is 9.59 Å². The third-order valence-corrected chi connectivity index (χ3v) is 2.88. The van der Waals surface area contributed by atoms with E-state index in [0.29, 0.717) is 19.3 Å². The zero-order valence-electron chi connectivity index (χ0n) is 10.5. The van der Waals surface area contributed by atoms with Gasteiger partial charge in [0.25, 0.3) is 5.91 Å². The Morgan fingerprint density at radius 3 is 2.21 bits per heavy atom. The standard InChI is InChI=1S/C16H15NO2/c18-12-16(19)17-11-10-13-6-8-15(9-7-13)14-4-2-1-3-5-14/h1-9,12H,10-11H2,(H,17,19). The van der Waals surface area contributed by atoms with Crippen molar-refractivity contribution in [1.29, 1.82) is 0 Å². The summed E-state index contributed by atoms with van der Waals surface area (Å²) in [5.41, 5.74) is 3.48. The Morgan fingerprint density at radius 2 is 1.58 bits per heavy atom. The van der Waals surface area contributed by atoms with Crippen LogP contribution in [0.15, 0.2) is 54.6 Å². The van der Waals surface area contributed by atoms with Crippen molar-refractivity contribution < 1.29 is 9.59 Å². The van der Waals surface area contributed by atoms with Crippen molar-refractivity contribution in [3.63, 3.8) is 0 Å². The Morgan fingerprint density at radius 1 is 0.947 bits per heavy atom. The Balaban J connectivity index is 1.95. The molecule has 0 aliphatic rings. The largest absolute Gasteiger partial charge is 0.349 e. The molecule has 2 aromatic carbocycles. The van der Waals surface area contributed by atoms with Gasteiger partial charge < -0.3 is 5.32 Å². The highest BCUT2D eigenvalue weighted by atomic mass is 16.2. The van der Waals surface area contributed by atoms with Crippen LogP contribution in [0.3, 0.4) is 0 Å². The highest BCUT2D eigenvalue weighted by molar-refractivity contribution is 6.23. The zero-order chi connectivity index (χ0) is 13.5. The van der Waals surface area contributed by atoms with Gasteiger partial charge in [-0.05, 0) is 23.1 Å². The summed E-state index contributed by atoms with van der Waals surface area (Å²) in [5.74, 6) is -0.569. The molecule has 0 saturated carbocycles. The molecule has 0 unspecified atom stereocenters. The molecule has 1 N–H and O–H groups in total. The zero-order valence-corrected chi connectivity index (χ0v) is 10.5. The second-order valence-electron chi connectivity index (χ2n) is 4.22. The molecule has 2 aromatic rings. The van der Waals surface area contributed by atoms with Crippen molar-refractivity contribution in [2.75, 3.05) is 6.54 Å². The van der Waals surface area contributed by atoms with Crippen LogP contribution in [-0.4, -0.2) is 18.7 Å². The third kappa shape index (κ3) is 3.78. The highest BCUT2D eigenvalue weighted by Crippen LogP contribution is 2.19. The van der Waals surface area contributed by atoms with Gasteiger partial charge in [0.2, 0.25) is 6.29 Å². The summed E-state index contributed by atoms with van der Waals surface area (Å²) in [6, 6.07) is 18.4. The maximum absolute atomic E-state index is 10.8. The van der Waals surface area contributed by atoms with Crippen LogP contribution in [0.5, 0.6) is 0 Å². The first-order chi connectivity index (χ1) is 9.29. The molecular formula is C16H15NO2. The van der Waals surface area contributed by atoms with E-state index >= 15 is 0 Å². The van der Waals surface area contributed by atoms with Crippen molar-refractivity contribution in [3.8, 4) is 11.1 Å². The van der Waals surface area contributed by atoms with E-state index in [0.717, 1.165) is 5.56 Å². The summed E-state index contributed by atoms with van der Waals surface area (Å²) in [4.78, 5) is 20.9. The maximum Gasteiger partial charge on any atom is 0.284 e. The Hall–Kier alpha value is -2.42. The molecule has 96 valence electrons. The van der Waals surface area contributed by atoms with E-state index in [-0.39, 0.29) is 0 Å². The lowest BCUT2D eigenvalue weighted by Gasteiger charge is -2.05. The molecule has 3 heteroatoms. The van der Waals surface area contributed by atoms with Crippen molar-refractivity contribution in [1.82, 2.24) is 5.32 Å². The molecule has 3 nitrogen and oxygen atoms in total. The van der Waals surface area contributed by atoms with Gasteiger partial charge in [-0.25, -0.2) is 0 Å². The van der Waals surface area contributed by atoms with E-state index in [1.807, 2.05) is 30.3 Å². The molecule has 0 radical (unpaired) electrons. The number of carbonyl (C=O) groups excluding carboxylic acids is 2. The Kier molecular flexibility index (Phi) is 4.45. The first-order valence-electron chi connectivity index (χ1n) is 6.17. The minimum atomic E-state index is -0.569. The van der Waals surface area contributed by atoms with Crippen molar-refractivity contribution in [2.45, 2.75) is 6.42 Å². The fraction of sp³-hybridized carbons (Fsp3) is 0.125. The predicted molar refractivity (Wildman–Crippen MR) is 74.7 cm³/mol. The number of carbonyl (C=O) groups is 2. The fourth-order valence-electron chi connectivity index (χ4n) is 1.87. The van der Waals surface area contributed by atoms with Gasteiger partial charge in [0.15, 0.2) is 0 Å². The van der Waals surface area contributed by atoms with Crippen molar-refractivity contribution >= 4 is 12.2 Å². The molecule has 0 fully saturated rings. The SMILES string of the molecule is O=CC(=O)NCCc1ccc(-c2ccccc2)cc1. The second-order valence-corrected chi connectivity index (χ2v) is 4.22. The summed E-state index contributed by atoms with van der Waals surface area (Å²) < 4.78 is 0. The number of rotatable bonds is 5. The Labute approximate surface area is 112 Å². The summed E-state index contributed by atoms with van der Waals surface area (Å²) in [7, 11) is 0. The highest BCUT2D eigenvalue weighted by Gasteiger charge is 1.99. The summed E-state index contributed by atoms with van der Waals surface area (Å²) in [6.07, 6.45) is 1.01. The van der Waals surface area contributed by atoms with E-state index in [1.54, 1.807) is 0 Å². The van der Waals surface area contributed by atoms with Gasteiger partial charge in [0.05, 0.1) is 0 Å². The van der Waals surface area contributed by atoms with Gasteiger partial charge >= 0.3 is 0 Å². The van der Waals surface area contributed by atoms with Crippen LogP contribution >= 0.6 is 0 Å². The van der Waals surface area contributed by atoms with E-state index in [2.05, 4.69) is 29.6 Å². The second kappa shape index (κ2) is 6.50. The van der Waals surface area contributed by atoms with Gasteiger partial charge in [0, 0.05) is 6.54 Å².